The van der Waals surface area contributed by atoms with Gasteiger partial charge in [0.05, 0.1) is 32.5 Å². The van der Waals surface area contributed by atoms with E-state index in [1.165, 1.54) is 0 Å². The molecule has 0 radical (unpaired) electrons. The number of H-pyrrole nitrogens is 1. The van der Waals surface area contributed by atoms with E-state index in [9.17, 15) is 4.79 Å². The van der Waals surface area contributed by atoms with Crippen molar-refractivity contribution in [2.24, 2.45) is 0 Å². The lowest BCUT2D eigenvalue weighted by molar-refractivity contribution is 0.102. The number of fused-ring (bicyclic) bond motifs is 3. The van der Waals surface area contributed by atoms with E-state index in [2.05, 4.69) is 10.3 Å². The largest absolute Gasteiger partial charge is 0.493 e. The molecule has 0 spiro atoms. The van der Waals surface area contributed by atoms with Gasteiger partial charge in [0.2, 0.25) is 5.75 Å². The molecule has 0 fully saturated rings. The van der Waals surface area contributed by atoms with Gasteiger partial charge in [-0.3, -0.25) is 4.79 Å². The summed E-state index contributed by atoms with van der Waals surface area (Å²) in [5, 5.41) is 4.90. The average molecular weight is 502 g/mol. The number of aromatic amines is 1. The Hall–Kier alpha value is -4.23. The number of aromatic nitrogens is 2. The Morgan fingerprint density at radius 1 is 0.917 bits per heavy atom. The van der Waals surface area contributed by atoms with Crippen LogP contribution < -0.4 is 19.5 Å². The van der Waals surface area contributed by atoms with Gasteiger partial charge in [-0.2, -0.15) is 0 Å². The lowest BCUT2D eigenvalue weighted by Gasteiger charge is -2.15. The summed E-state index contributed by atoms with van der Waals surface area (Å²) in [6.07, 6.45) is 0. The van der Waals surface area contributed by atoms with Crippen LogP contribution in [-0.2, 0) is 5.88 Å². The third-order valence-electron chi connectivity index (χ3n) is 6.05. The van der Waals surface area contributed by atoms with Crippen molar-refractivity contribution in [3.63, 3.8) is 0 Å². The lowest BCUT2D eigenvalue weighted by Crippen LogP contribution is -2.13. The van der Waals surface area contributed by atoms with Crippen LogP contribution in [0.25, 0.3) is 33.1 Å². The number of anilines is 1. The third-order valence-corrected chi connectivity index (χ3v) is 6.36. The number of hydrogen-bond acceptors (Lipinski definition) is 5. The highest BCUT2D eigenvalue weighted by molar-refractivity contribution is 6.17. The number of hydrogen-bond donors (Lipinski definition) is 2. The minimum absolute atomic E-state index is 0.265. The fourth-order valence-corrected chi connectivity index (χ4v) is 4.45. The molecule has 182 valence electrons. The van der Waals surface area contributed by atoms with Gasteiger partial charge in [0.1, 0.15) is 5.82 Å². The highest BCUT2D eigenvalue weighted by Crippen LogP contribution is 2.43. The van der Waals surface area contributed by atoms with Crippen LogP contribution in [0, 0.1) is 0 Å². The van der Waals surface area contributed by atoms with Crippen LogP contribution in [0.4, 0.5) is 5.82 Å². The van der Waals surface area contributed by atoms with Crippen LogP contribution in [0.15, 0.2) is 66.7 Å². The molecule has 8 heteroatoms. The normalized spacial score (nSPS) is 11.0. The SMILES string of the molecule is COc1cc(-c2nc(NC(=O)c3ccc(CCl)cc3)cc3c2[nH]c2ccccc23)cc(OC)c1OC. The molecule has 5 rings (SSSR count). The van der Waals surface area contributed by atoms with E-state index in [1.807, 2.05) is 54.6 Å². The van der Waals surface area contributed by atoms with E-state index in [4.69, 9.17) is 30.8 Å². The minimum atomic E-state index is -0.265. The zero-order valence-electron chi connectivity index (χ0n) is 20.0. The molecule has 36 heavy (non-hydrogen) atoms. The molecule has 0 aliphatic heterocycles. The lowest BCUT2D eigenvalue weighted by atomic mass is 10.1. The Morgan fingerprint density at radius 2 is 1.61 bits per heavy atom. The Kier molecular flexibility index (Phi) is 6.40. The van der Waals surface area contributed by atoms with E-state index in [-0.39, 0.29) is 5.91 Å². The van der Waals surface area contributed by atoms with Gasteiger partial charge in [-0.15, -0.1) is 11.6 Å². The third kappa shape index (κ3) is 4.18. The maximum Gasteiger partial charge on any atom is 0.256 e. The zero-order chi connectivity index (χ0) is 25.2. The summed E-state index contributed by atoms with van der Waals surface area (Å²) in [7, 11) is 4.70. The number of nitrogens with zero attached hydrogens (tertiary/aromatic N) is 1. The summed E-state index contributed by atoms with van der Waals surface area (Å²) < 4.78 is 16.6. The van der Waals surface area contributed by atoms with Crippen LogP contribution >= 0.6 is 11.6 Å². The molecule has 0 aliphatic rings. The minimum Gasteiger partial charge on any atom is -0.493 e. The molecule has 0 saturated carbocycles. The molecule has 2 N–H and O–H groups in total. The molecular weight excluding hydrogens is 478 g/mol. The predicted molar refractivity (Wildman–Crippen MR) is 143 cm³/mol. The number of carbonyl (C=O) groups excluding carboxylic acids is 1. The maximum absolute atomic E-state index is 13.0. The van der Waals surface area contributed by atoms with Gasteiger partial charge in [-0.25, -0.2) is 4.98 Å². The van der Waals surface area contributed by atoms with E-state index in [0.29, 0.717) is 40.2 Å². The molecule has 2 aromatic heterocycles. The average Bonchev–Trinajstić information content (AvgIpc) is 3.30. The number of halogens is 1. The number of nitrogens with one attached hydrogen (secondary N) is 2. The molecular formula is C28H24ClN3O4. The van der Waals surface area contributed by atoms with Gasteiger partial charge in [0.15, 0.2) is 11.5 Å². The predicted octanol–water partition coefficient (Wildman–Crippen LogP) is 6.40. The first kappa shape index (κ1) is 23.5. The molecule has 0 atom stereocenters. The number of benzene rings is 3. The second-order valence-electron chi connectivity index (χ2n) is 8.15. The van der Waals surface area contributed by atoms with Gasteiger partial charge in [-0.1, -0.05) is 30.3 Å². The van der Waals surface area contributed by atoms with Gasteiger partial charge in [0.25, 0.3) is 5.91 Å². The zero-order valence-corrected chi connectivity index (χ0v) is 20.8. The molecule has 0 bridgehead atoms. The summed E-state index contributed by atoms with van der Waals surface area (Å²) in [4.78, 5) is 21.3. The second kappa shape index (κ2) is 9.79. The number of ether oxygens (including phenoxy) is 3. The number of rotatable bonds is 7. The topological polar surface area (TPSA) is 85.5 Å². The van der Waals surface area contributed by atoms with Gasteiger partial charge >= 0.3 is 0 Å². The molecule has 5 aromatic rings. The van der Waals surface area contributed by atoms with Crippen LogP contribution in [0.3, 0.4) is 0 Å². The van der Waals surface area contributed by atoms with Gasteiger partial charge < -0.3 is 24.5 Å². The molecule has 1 amide bonds. The summed E-state index contributed by atoms with van der Waals surface area (Å²) >= 11 is 5.88. The highest BCUT2D eigenvalue weighted by atomic mass is 35.5. The number of alkyl halides is 1. The molecule has 0 aliphatic carbocycles. The Morgan fingerprint density at radius 3 is 2.25 bits per heavy atom. The molecule has 7 nitrogen and oxygen atoms in total. The van der Waals surface area contributed by atoms with Crippen molar-refractivity contribution in [3.8, 4) is 28.5 Å². The molecule has 0 saturated heterocycles. The summed E-state index contributed by atoms with van der Waals surface area (Å²) in [6.45, 7) is 0. The second-order valence-corrected chi connectivity index (χ2v) is 8.42. The van der Waals surface area contributed by atoms with Gasteiger partial charge in [0, 0.05) is 33.3 Å². The standard InChI is InChI=1S/C28H24ClN3O4/c1-34-22-12-18(13-23(35-2)27(22)36-3)25-26-20(19-6-4-5-7-21(19)30-26)14-24(31-25)32-28(33)17-10-8-16(15-29)9-11-17/h4-14,30H,15H2,1-3H3,(H,31,32,33). The Balaban J connectivity index is 1.68. The molecule has 2 heterocycles. The van der Waals surface area contributed by atoms with Crippen molar-refractivity contribution < 1.29 is 19.0 Å². The number of pyridine rings is 1. The number of carbonyl (C=O) groups is 1. The van der Waals surface area contributed by atoms with Crippen molar-refractivity contribution in [2.75, 3.05) is 26.6 Å². The molecule has 3 aromatic carbocycles. The Bertz CT molecular complexity index is 1550. The molecule has 0 unspecified atom stereocenters. The summed E-state index contributed by atoms with van der Waals surface area (Å²) in [5.74, 6) is 2.04. The van der Waals surface area contributed by atoms with Crippen LogP contribution in [0.1, 0.15) is 15.9 Å². The quantitative estimate of drug-likeness (QED) is 0.252. The van der Waals surface area contributed by atoms with Crippen LogP contribution in [0.2, 0.25) is 0 Å². The van der Waals surface area contributed by atoms with E-state index < -0.39 is 0 Å². The Labute approximate surface area is 213 Å². The maximum atomic E-state index is 13.0. The van der Waals surface area contributed by atoms with E-state index in [0.717, 1.165) is 32.9 Å². The first-order valence-corrected chi connectivity index (χ1v) is 11.8. The first-order valence-electron chi connectivity index (χ1n) is 11.2. The highest BCUT2D eigenvalue weighted by Gasteiger charge is 2.19. The summed E-state index contributed by atoms with van der Waals surface area (Å²) in [6, 6.07) is 20.7. The fraction of sp³-hybridized carbons (Fsp3) is 0.143. The number of para-hydroxylation sites is 1. The first-order chi connectivity index (χ1) is 17.6. The van der Waals surface area contributed by atoms with E-state index in [1.54, 1.807) is 33.5 Å². The number of amides is 1. The fourth-order valence-electron chi connectivity index (χ4n) is 4.27. The van der Waals surface area contributed by atoms with Crippen LogP contribution in [0.5, 0.6) is 17.2 Å². The summed E-state index contributed by atoms with van der Waals surface area (Å²) in [5.41, 5.74) is 4.62. The van der Waals surface area contributed by atoms with E-state index >= 15 is 0 Å². The van der Waals surface area contributed by atoms with Gasteiger partial charge in [-0.05, 0) is 42.0 Å². The van der Waals surface area contributed by atoms with Crippen molar-refractivity contribution >= 4 is 45.1 Å². The van der Waals surface area contributed by atoms with Crippen molar-refractivity contribution in [3.05, 3.63) is 77.9 Å². The number of methoxy groups -OCH3 is 3. The van der Waals surface area contributed by atoms with Crippen molar-refractivity contribution in [1.29, 1.82) is 0 Å². The smallest absolute Gasteiger partial charge is 0.256 e. The van der Waals surface area contributed by atoms with Crippen molar-refractivity contribution in [2.45, 2.75) is 5.88 Å². The van der Waals surface area contributed by atoms with Crippen molar-refractivity contribution in [1.82, 2.24) is 9.97 Å². The van der Waals surface area contributed by atoms with Crippen LogP contribution in [-0.4, -0.2) is 37.2 Å². The monoisotopic (exact) mass is 501 g/mol.